The van der Waals surface area contributed by atoms with Crippen molar-refractivity contribution in [3.8, 4) is 17.1 Å². The van der Waals surface area contributed by atoms with Crippen molar-refractivity contribution in [1.29, 1.82) is 0 Å². The fraction of sp³-hybridized carbons (Fsp3) is 0. The molecule has 0 amide bonds. The zero-order chi connectivity index (χ0) is 15.7. The van der Waals surface area contributed by atoms with Gasteiger partial charge in [-0.25, -0.2) is 14.2 Å². The molecular weight excluding hydrogens is 307 g/mol. The smallest absolute Gasteiger partial charge is 0.356 e. The van der Waals surface area contributed by atoms with Gasteiger partial charge in [0, 0.05) is 22.5 Å². The van der Waals surface area contributed by atoms with Gasteiger partial charge in [-0.05, 0) is 48.5 Å². The van der Waals surface area contributed by atoms with Gasteiger partial charge in [0.2, 0.25) is 0 Å². The number of hydrogen-bond donors (Lipinski definition) is 1. The number of imidazole rings is 1. The van der Waals surface area contributed by atoms with Gasteiger partial charge in [0.05, 0.1) is 0 Å². The summed E-state index contributed by atoms with van der Waals surface area (Å²) in [6.45, 7) is 0. The number of carboxylic acid groups (broad SMARTS) is 1. The minimum absolute atomic E-state index is 0.0886. The molecule has 0 atom stereocenters. The van der Waals surface area contributed by atoms with E-state index in [1.54, 1.807) is 41.0 Å². The Kier molecular flexibility index (Phi) is 3.65. The lowest BCUT2D eigenvalue weighted by molar-refractivity contribution is 0.0691. The molecule has 0 bridgehead atoms. The van der Waals surface area contributed by atoms with E-state index in [9.17, 15) is 9.18 Å². The third-order valence-electron chi connectivity index (χ3n) is 3.13. The van der Waals surface area contributed by atoms with Crippen LogP contribution in [0, 0.1) is 5.82 Å². The van der Waals surface area contributed by atoms with E-state index in [0.29, 0.717) is 22.1 Å². The SMILES string of the molecule is O=C(O)c1cn(-c2ccc(F)cc2)c(-c2ccc(Cl)cc2)n1. The van der Waals surface area contributed by atoms with Gasteiger partial charge in [-0.1, -0.05) is 11.6 Å². The van der Waals surface area contributed by atoms with Crippen LogP contribution in [0.3, 0.4) is 0 Å². The lowest BCUT2D eigenvalue weighted by atomic mass is 10.2. The van der Waals surface area contributed by atoms with Crippen molar-refractivity contribution in [3.63, 3.8) is 0 Å². The van der Waals surface area contributed by atoms with Gasteiger partial charge >= 0.3 is 5.97 Å². The molecule has 4 nitrogen and oxygen atoms in total. The first-order valence-electron chi connectivity index (χ1n) is 6.39. The zero-order valence-electron chi connectivity index (χ0n) is 11.2. The Balaban J connectivity index is 2.17. The summed E-state index contributed by atoms with van der Waals surface area (Å²) in [5, 5.41) is 9.72. The number of benzene rings is 2. The standard InChI is InChI=1S/C16H10ClFN2O2/c17-11-3-1-10(2-4-11)15-19-14(16(21)22)9-20(15)13-7-5-12(18)6-8-13/h1-9H,(H,21,22). The summed E-state index contributed by atoms with van der Waals surface area (Å²) in [7, 11) is 0. The van der Waals surface area contributed by atoms with Crippen molar-refractivity contribution in [2.45, 2.75) is 0 Å². The average molecular weight is 317 g/mol. The van der Waals surface area contributed by atoms with Crippen molar-refractivity contribution in [2.24, 2.45) is 0 Å². The van der Waals surface area contributed by atoms with Crippen LogP contribution in [-0.4, -0.2) is 20.6 Å². The molecule has 1 aromatic heterocycles. The van der Waals surface area contributed by atoms with E-state index in [-0.39, 0.29) is 11.5 Å². The molecule has 0 fully saturated rings. The largest absolute Gasteiger partial charge is 0.476 e. The van der Waals surface area contributed by atoms with E-state index in [1.165, 1.54) is 18.3 Å². The maximum Gasteiger partial charge on any atom is 0.356 e. The second-order valence-corrected chi connectivity index (χ2v) is 5.04. The Hall–Kier alpha value is -2.66. The molecule has 3 aromatic rings. The molecule has 6 heteroatoms. The molecule has 2 aromatic carbocycles. The van der Waals surface area contributed by atoms with Gasteiger partial charge in [0.25, 0.3) is 0 Å². The zero-order valence-corrected chi connectivity index (χ0v) is 12.0. The molecule has 22 heavy (non-hydrogen) atoms. The van der Waals surface area contributed by atoms with Gasteiger partial charge < -0.3 is 5.11 Å². The van der Waals surface area contributed by atoms with E-state index >= 15 is 0 Å². The van der Waals surface area contributed by atoms with Crippen LogP contribution in [0.4, 0.5) is 4.39 Å². The van der Waals surface area contributed by atoms with Crippen LogP contribution in [0.25, 0.3) is 17.1 Å². The van der Waals surface area contributed by atoms with Crippen LogP contribution in [0.2, 0.25) is 5.02 Å². The third kappa shape index (κ3) is 2.71. The molecule has 0 aliphatic rings. The summed E-state index contributed by atoms with van der Waals surface area (Å²) >= 11 is 5.87. The van der Waals surface area contributed by atoms with Crippen molar-refractivity contribution >= 4 is 17.6 Å². The van der Waals surface area contributed by atoms with E-state index in [0.717, 1.165) is 0 Å². The maximum atomic E-state index is 13.1. The average Bonchev–Trinajstić information content (AvgIpc) is 2.94. The summed E-state index contributed by atoms with van der Waals surface area (Å²) in [6, 6.07) is 12.6. The predicted octanol–water partition coefficient (Wildman–Crippen LogP) is 4.03. The monoisotopic (exact) mass is 316 g/mol. The van der Waals surface area contributed by atoms with E-state index < -0.39 is 5.97 Å². The molecule has 110 valence electrons. The van der Waals surface area contributed by atoms with E-state index in [2.05, 4.69) is 4.98 Å². The minimum atomic E-state index is -1.13. The molecule has 0 saturated carbocycles. The number of hydrogen-bond acceptors (Lipinski definition) is 2. The maximum absolute atomic E-state index is 13.1. The molecule has 0 aliphatic carbocycles. The predicted molar refractivity (Wildman–Crippen MR) is 80.9 cm³/mol. The molecular formula is C16H10ClFN2O2. The van der Waals surface area contributed by atoms with Crippen molar-refractivity contribution in [2.75, 3.05) is 0 Å². The summed E-state index contributed by atoms with van der Waals surface area (Å²) in [5.74, 6) is -1.05. The Morgan fingerprint density at radius 1 is 1.09 bits per heavy atom. The molecule has 1 N–H and O–H groups in total. The van der Waals surface area contributed by atoms with Gasteiger partial charge in [-0.3, -0.25) is 4.57 Å². The van der Waals surface area contributed by atoms with Crippen molar-refractivity contribution in [1.82, 2.24) is 9.55 Å². The lowest BCUT2D eigenvalue weighted by Gasteiger charge is -2.07. The summed E-state index contributed by atoms with van der Waals surface area (Å²) < 4.78 is 14.7. The van der Waals surface area contributed by atoms with Crippen LogP contribution in [0.5, 0.6) is 0 Å². The van der Waals surface area contributed by atoms with E-state index in [4.69, 9.17) is 16.7 Å². The van der Waals surface area contributed by atoms with Gasteiger partial charge in [0.1, 0.15) is 11.6 Å². The molecule has 0 saturated heterocycles. The topological polar surface area (TPSA) is 55.1 Å². The molecule has 3 rings (SSSR count). The third-order valence-corrected chi connectivity index (χ3v) is 3.38. The Labute approximate surface area is 130 Å². The fourth-order valence-electron chi connectivity index (χ4n) is 2.08. The van der Waals surface area contributed by atoms with Crippen LogP contribution in [-0.2, 0) is 0 Å². The highest BCUT2D eigenvalue weighted by atomic mass is 35.5. The number of aromatic nitrogens is 2. The minimum Gasteiger partial charge on any atom is -0.476 e. The lowest BCUT2D eigenvalue weighted by Crippen LogP contribution is -1.96. The normalized spacial score (nSPS) is 10.6. The molecule has 0 unspecified atom stereocenters. The van der Waals surface area contributed by atoms with E-state index in [1.807, 2.05) is 0 Å². The first-order valence-corrected chi connectivity index (χ1v) is 6.77. The molecule has 0 aliphatic heterocycles. The van der Waals surface area contributed by atoms with Gasteiger partial charge in [-0.2, -0.15) is 0 Å². The Morgan fingerprint density at radius 2 is 1.73 bits per heavy atom. The first kappa shape index (κ1) is 14.3. The van der Waals surface area contributed by atoms with Crippen LogP contribution in [0.1, 0.15) is 10.5 Å². The fourth-order valence-corrected chi connectivity index (χ4v) is 2.21. The van der Waals surface area contributed by atoms with Crippen molar-refractivity contribution in [3.05, 3.63) is 71.3 Å². The summed E-state index contributed by atoms with van der Waals surface area (Å²) in [5.41, 5.74) is 1.24. The van der Waals surface area contributed by atoms with Crippen LogP contribution < -0.4 is 0 Å². The second-order valence-electron chi connectivity index (χ2n) is 4.61. The highest BCUT2D eigenvalue weighted by Crippen LogP contribution is 2.24. The highest BCUT2D eigenvalue weighted by Gasteiger charge is 2.16. The summed E-state index contributed by atoms with van der Waals surface area (Å²) in [6.07, 6.45) is 1.40. The highest BCUT2D eigenvalue weighted by molar-refractivity contribution is 6.30. The number of nitrogens with zero attached hydrogens (tertiary/aromatic N) is 2. The summed E-state index contributed by atoms with van der Waals surface area (Å²) in [4.78, 5) is 15.3. The van der Waals surface area contributed by atoms with Gasteiger partial charge in [0.15, 0.2) is 5.69 Å². The first-order chi connectivity index (χ1) is 10.5. The number of rotatable bonds is 3. The Bertz CT molecular complexity index is 763. The van der Waals surface area contributed by atoms with Gasteiger partial charge in [-0.15, -0.1) is 0 Å². The molecule has 0 spiro atoms. The number of halogens is 2. The number of aromatic carboxylic acids is 1. The van der Waals surface area contributed by atoms with Crippen molar-refractivity contribution < 1.29 is 14.3 Å². The second kappa shape index (κ2) is 5.61. The van der Waals surface area contributed by atoms with Crippen LogP contribution >= 0.6 is 11.6 Å². The number of carboxylic acids is 1. The van der Waals surface area contributed by atoms with Crippen LogP contribution in [0.15, 0.2) is 54.7 Å². The molecule has 0 radical (unpaired) electrons. The number of carbonyl (C=O) groups is 1. The Morgan fingerprint density at radius 3 is 2.32 bits per heavy atom. The quantitative estimate of drug-likeness (QED) is 0.793. The molecule has 1 heterocycles.